The third-order valence-electron chi connectivity index (χ3n) is 3.35. The minimum Gasteiger partial charge on any atom is -0.352 e. The van der Waals surface area contributed by atoms with E-state index in [9.17, 15) is 9.18 Å². The Labute approximate surface area is 123 Å². The van der Waals surface area contributed by atoms with Gasteiger partial charge in [0, 0.05) is 6.54 Å². The van der Waals surface area contributed by atoms with Crippen LogP contribution in [0, 0.1) is 18.7 Å². The predicted octanol–water partition coefficient (Wildman–Crippen LogP) is 1.64. The Morgan fingerprint density at radius 3 is 2.86 bits per heavy atom. The highest BCUT2D eigenvalue weighted by atomic mass is 19.1. The molecule has 0 bridgehead atoms. The fourth-order valence-corrected chi connectivity index (χ4v) is 1.94. The van der Waals surface area contributed by atoms with Gasteiger partial charge in [-0.15, -0.1) is 0 Å². The van der Waals surface area contributed by atoms with E-state index in [1.165, 1.54) is 16.9 Å². The van der Waals surface area contributed by atoms with Gasteiger partial charge in [0.15, 0.2) is 0 Å². The van der Waals surface area contributed by atoms with E-state index in [1.54, 1.807) is 25.1 Å². The lowest BCUT2D eigenvalue weighted by Crippen LogP contribution is -2.31. The molecule has 0 fully saturated rings. The van der Waals surface area contributed by atoms with Crippen molar-refractivity contribution in [2.75, 3.05) is 13.1 Å². The van der Waals surface area contributed by atoms with Gasteiger partial charge in [-0.05, 0) is 31.5 Å². The molecule has 0 saturated carbocycles. The predicted molar refractivity (Wildman–Crippen MR) is 78.8 cm³/mol. The molecule has 21 heavy (non-hydrogen) atoms. The smallest absolute Gasteiger partial charge is 0.254 e. The molecule has 2 aromatic rings. The topological polar surface area (TPSA) is 72.9 Å². The lowest BCUT2D eigenvalue weighted by Gasteiger charge is -2.10. The molecule has 0 aliphatic rings. The summed E-state index contributed by atoms with van der Waals surface area (Å²) < 4.78 is 15.2. The molecule has 0 aliphatic heterocycles. The monoisotopic (exact) mass is 290 g/mol. The van der Waals surface area contributed by atoms with Gasteiger partial charge in [-0.2, -0.15) is 5.10 Å². The lowest BCUT2D eigenvalue weighted by molar-refractivity contribution is 0.0948. The number of nitrogens with two attached hydrogens (primary N) is 1. The van der Waals surface area contributed by atoms with Gasteiger partial charge in [0.1, 0.15) is 11.5 Å². The third-order valence-corrected chi connectivity index (χ3v) is 3.35. The van der Waals surface area contributed by atoms with Crippen molar-refractivity contribution in [3.05, 3.63) is 47.5 Å². The van der Waals surface area contributed by atoms with Crippen LogP contribution in [0.2, 0.25) is 0 Å². The number of rotatable bonds is 5. The number of carbonyl (C=O) groups is 1. The molecule has 1 atom stereocenters. The molecule has 3 N–H and O–H groups in total. The van der Waals surface area contributed by atoms with Crippen molar-refractivity contribution in [3.8, 4) is 5.69 Å². The van der Waals surface area contributed by atoms with Crippen molar-refractivity contribution < 1.29 is 9.18 Å². The van der Waals surface area contributed by atoms with E-state index in [2.05, 4.69) is 10.4 Å². The first-order valence-corrected chi connectivity index (χ1v) is 6.82. The minimum atomic E-state index is -0.382. The van der Waals surface area contributed by atoms with E-state index in [0.29, 0.717) is 30.0 Å². The second kappa shape index (κ2) is 6.49. The minimum absolute atomic E-state index is 0.205. The summed E-state index contributed by atoms with van der Waals surface area (Å²) in [5.41, 5.74) is 6.87. The van der Waals surface area contributed by atoms with Crippen molar-refractivity contribution >= 4 is 5.91 Å². The molecule has 0 radical (unpaired) electrons. The summed E-state index contributed by atoms with van der Waals surface area (Å²) in [6.45, 7) is 4.70. The average molecular weight is 290 g/mol. The molecule has 6 heteroatoms. The van der Waals surface area contributed by atoms with Crippen molar-refractivity contribution in [1.29, 1.82) is 0 Å². The Morgan fingerprint density at radius 1 is 1.48 bits per heavy atom. The van der Waals surface area contributed by atoms with Crippen LogP contribution in [0.3, 0.4) is 0 Å². The number of amides is 1. The molecule has 0 saturated heterocycles. The van der Waals surface area contributed by atoms with Gasteiger partial charge in [0.2, 0.25) is 0 Å². The summed E-state index contributed by atoms with van der Waals surface area (Å²) in [6.07, 6.45) is 1.45. The molecular weight excluding hydrogens is 271 g/mol. The van der Waals surface area contributed by atoms with E-state index >= 15 is 0 Å². The number of benzene rings is 1. The maximum atomic E-state index is 13.8. The SMILES string of the molecule is Cc1c(C(=O)NCC(C)CN)cnn1-c1ccccc1F. The molecule has 0 aliphatic carbocycles. The van der Waals surface area contributed by atoms with E-state index < -0.39 is 0 Å². The van der Waals surface area contributed by atoms with Gasteiger partial charge >= 0.3 is 0 Å². The molecule has 1 unspecified atom stereocenters. The van der Waals surface area contributed by atoms with Gasteiger partial charge in [0.25, 0.3) is 5.91 Å². The van der Waals surface area contributed by atoms with Crippen LogP contribution in [-0.4, -0.2) is 28.8 Å². The molecule has 0 spiro atoms. The van der Waals surface area contributed by atoms with Gasteiger partial charge < -0.3 is 11.1 Å². The maximum Gasteiger partial charge on any atom is 0.254 e. The Kier molecular flexibility index (Phi) is 4.70. The molecule has 5 nitrogen and oxygen atoms in total. The largest absolute Gasteiger partial charge is 0.352 e. The number of aromatic nitrogens is 2. The first kappa shape index (κ1) is 15.2. The first-order chi connectivity index (χ1) is 10.0. The number of hydrogen-bond acceptors (Lipinski definition) is 3. The van der Waals surface area contributed by atoms with Crippen LogP contribution in [0.4, 0.5) is 4.39 Å². The van der Waals surface area contributed by atoms with Crippen LogP contribution in [0.15, 0.2) is 30.5 Å². The highest BCUT2D eigenvalue weighted by Crippen LogP contribution is 2.16. The summed E-state index contributed by atoms with van der Waals surface area (Å²) in [4.78, 5) is 12.1. The van der Waals surface area contributed by atoms with Gasteiger partial charge in [-0.1, -0.05) is 19.1 Å². The van der Waals surface area contributed by atoms with E-state index in [-0.39, 0.29) is 17.6 Å². The summed E-state index contributed by atoms with van der Waals surface area (Å²) in [7, 11) is 0. The zero-order valence-electron chi connectivity index (χ0n) is 12.1. The highest BCUT2D eigenvalue weighted by molar-refractivity contribution is 5.95. The van der Waals surface area contributed by atoms with E-state index in [4.69, 9.17) is 5.73 Å². The van der Waals surface area contributed by atoms with Crippen LogP contribution in [0.5, 0.6) is 0 Å². The summed E-state index contributed by atoms with van der Waals surface area (Å²) in [6, 6.07) is 6.31. The number of halogens is 1. The second-order valence-corrected chi connectivity index (χ2v) is 5.06. The maximum absolute atomic E-state index is 13.8. The summed E-state index contributed by atoms with van der Waals surface area (Å²) in [5, 5.41) is 6.91. The standard InChI is InChI=1S/C15H19FN4O/c1-10(7-17)8-18-15(21)12-9-19-20(11(12)2)14-6-4-3-5-13(14)16/h3-6,9-10H,7-8,17H2,1-2H3,(H,18,21). The summed E-state index contributed by atoms with van der Waals surface area (Å²) in [5.74, 6) is -0.404. The van der Waals surface area contributed by atoms with E-state index in [0.717, 1.165) is 0 Å². The van der Waals surface area contributed by atoms with Gasteiger partial charge in [-0.25, -0.2) is 9.07 Å². The summed E-state index contributed by atoms with van der Waals surface area (Å²) >= 11 is 0. The van der Waals surface area contributed by atoms with Crippen molar-refractivity contribution in [1.82, 2.24) is 15.1 Å². The van der Waals surface area contributed by atoms with Crippen LogP contribution in [-0.2, 0) is 0 Å². The quantitative estimate of drug-likeness (QED) is 0.879. The fourth-order valence-electron chi connectivity index (χ4n) is 1.94. The second-order valence-electron chi connectivity index (χ2n) is 5.06. The fraction of sp³-hybridized carbons (Fsp3) is 0.333. The van der Waals surface area contributed by atoms with Gasteiger partial charge in [0.05, 0.1) is 17.5 Å². The highest BCUT2D eigenvalue weighted by Gasteiger charge is 2.16. The molecule has 1 aromatic heterocycles. The van der Waals surface area contributed by atoms with Crippen LogP contribution in [0.25, 0.3) is 5.69 Å². The molecule has 2 rings (SSSR count). The van der Waals surface area contributed by atoms with Crippen LogP contribution >= 0.6 is 0 Å². The Balaban J connectivity index is 2.21. The van der Waals surface area contributed by atoms with Crippen molar-refractivity contribution in [2.45, 2.75) is 13.8 Å². The van der Waals surface area contributed by atoms with Crippen molar-refractivity contribution in [2.24, 2.45) is 11.7 Å². The molecular formula is C15H19FN4O. The van der Waals surface area contributed by atoms with Crippen molar-refractivity contribution in [3.63, 3.8) is 0 Å². The average Bonchev–Trinajstić information content (AvgIpc) is 2.86. The van der Waals surface area contributed by atoms with Gasteiger partial charge in [-0.3, -0.25) is 4.79 Å². The van der Waals surface area contributed by atoms with Crippen LogP contribution in [0.1, 0.15) is 23.0 Å². The molecule has 1 amide bonds. The Morgan fingerprint density at radius 2 is 2.19 bits per heavy atom. The number of para-hydroxylation sites is 1. The van der Waals surface area contributed by atoms with Crippen LogP contribution < -0.4 is 11.1 Å². The Bertz CT molecular complexity index is 638. The number of nitrogens with one attached hydrogen (secondary N) is 1. The van der Waals surface area contributed by atoms with E-state index in [1.807, 2.05) is 6.92 Å². The normalized spacial score (nSPS) is 12.2. The lowest BCUT2D eigenvalue weighted by atomic mass is 10.1. The number of nitrogens with zero attached hydrogens (tertiary/aromatic N) is 2. The molecule has 1 aromatic carbocycles. The zero-order valence-corrected chi connectivity index (χ0v) is 12.1. The first-order valence-electron chi connectivity index (χ1n) is 6.82. The number of hydrogen-bond donors (Lipinski definition) is 2. The molecule has 112 valence electrons. The third kappa shape index (κ3) is 3.28. The zero-order chi connectivity index (χ0) is 15.4. The Hall–Kier alpha value is -2.21. The number of carbonyl (C=O) groups excluding carboxylic acids is 1. The molecule has 1 heterocycles.